The molecule has 4 atom stereocenters. The summed E-state index contributed by atoms with van der Waals surface area (Å²) in [6.45, 7) is 0.981. The molecule has 2 aliphatic rings. The highest BCUT2D eigenvalue weighted by molar-refractivity contribution is 6.05. The number of amides is 1. The molecule has 0 bridgehead atoms. The minimum Gasteiger partial charge on any atom is -0.508 e. The number of hydrogen-bond acceptors (Lipinski definition) is 9. The third-order valence-corrected chi connectivity index (χ3v) is 7.36. The molecule has 1 aliphatic heterocycles. The van der Waals surface area contributed by atoms with Gasteiger partial charge in [-0.3, -0.25) is 14.4 Å². The minimum absolute atomic E-state index is 0.0224. The maximum Gasteiger partial charge on any atom is 0.338 e. The molecule has 4 rings (SSSR count). The highest BCUT2D eigenvalue weighted by atomic mass is 16.5. The maximum atomic E-state index is 13.1. The molecule has 1 heterocycles. The highest BCUT2D eigenvalue weighted by Crippen LogP contribution is 2.38. The number of benzene rings is 2. The Morgan fingerprint density at radius 3 is 2.13 bits per heavy atom. The first-order valence-electron chi connectivity index (χ1n) is 13.0. The molecule has 11 nitrogen and oxygen atoms in total. The summed E-state index contributed by atoms with van der Waals surface area (Å²) < 4.78 is 5.68. The largest absolute Gasteiger partial charge is 0.508 e. The number of ether oxygens (including phenoxy) is 1. The van der Waals surface area contributed by atoms with Crippen LogP contribution >= 0.6 is 0 Å². The minimum atomic E-state index is -1.10. The number of Topliss-reactive ketones (excluding diaryl/α,β-unsaturated/α-hetero) is 1. The highest BCUT2D eigenvalue weighted by Gasteiger charge is 2.38. The van der Waals surface area contributed by atoms with Gasteiger partial charge in [0.2, 0.25) is 0 Å². The molecule has 1 saturated heterocycles. The van der Waals surface area contributed by atoms with E-state index in [0.29, 0.717) is 57.2 Å². The van der Waals surface area contributed by atoms with Crippen LogP contribution in [-0.4, -0.2) is 69.3 Å². The second kappa shape index (κ2) is 12.2. The van der Waals surface area contributed by atoms with Crippen molar-refractivity contribution in [2.24, 2.45) is 11.8 Å². The van der Waals surface area contributed by atoms with E-state index in [1.54, 1.807) is 0 Å². The molecule has 1 saturated carbocycles. The number of nitrogens with one attached hydrogen (secondary N) is 2. The van der Waals surface area contributed by atoms with Crippen LogP contribution in [0, 0.1) is 11.8 Å². The summed E-state index contributed by atoms with van der Waals surface area (Å²) in [5.74, 6) is -6.10. The predicted molar refractivity (Wildman–Crippen MR) is 138 cm³/mol. The average molecular weight is 541 g/mol. The van der Waals surface area contributed by atoms with E-state index in [1.165, 1.54) is 24.3 Å². The number of phenolic OH excluding ortho intramolecular Hbond substituents is 3. The maximum absolute atomic E-state index is 13.1. The second-order valence-corrected chi connectivity index (χ2v) is 10.0. The van der Waals surface area contributed by atoms with E-state index >= 15 is 0 Å². The molecular weight excluding hydrogens is 508 g/mol. The zero-order chi connectivity index (χ0) is 28.1. The summed E-state index contributed by atoms with van der Waals surface area (Å²) in [4.78, 5) is 50.5. The quantitative estimate of drug-likeness (QED) is 0.225. The van der Waals surface area contributed by atoms with Gasteiger partial charge in [-0.05, 0) is 68.6 Å². The van der Waals surface area contributed by atoms with E-state index in [2.05, 4.69) is 10.6 Å². The monoisotopic (exact) mass is 540 g/mol. The molecule has 1 aliphatic carbocycles. The molecule has 2 unspecified atom stereocenters. The third-order valence-electron chi connectivity index (χ3n) is 7.36. The summed E-state index contributed by atoms with van der Waals surface area (Å²) in [5, 5.41) is 46.2. The van der Waals surface area contributed by atoms with Gasteiger partial charge in [-0.25, -0.2) is 4.79 Å². The second-order valence-electron chi connectivity index (χ2n) is 10.0. The molecule has 208 valence electrons. The van der Waals surface area contributed by atoms with Crippen LogP contribution in [0.5, 0.6) is 17.2 Å². The van der Waals surface area contributed by atoms with Crippen LogP contribution < -0.4 is 10.6 Å². The normalized spacial score (nSPS) is 23.3. The Balaban J connectivity index is 1.49. The van der Waals surface area contributed by atoms with E-state index < -0.39 is 64.7 Å². The van der Waals surface area contributed by atoms with Crippen LogP contribution in [-0.2, 0) is 9.53 Å². The number of carbonyl (C=O) groups excluding carboxylic acids is 3. The van der Waals surface area contributed by atoms with E-state index in [1.807, 2.05) is 0 Å². The number of ketones is 1. The number of esters is 1. The number of aliphatic carboxylic acids is 1. The van der Waals surface area contributed by atoms with Gasteiger partial charge in [-0.2, -0.15) is 0 Å². The topological polar surface area (TPSA) is 182 Å². The van der Waals surface area contributed by atoms with Gasteiger partial charge in [-0.15, -0.1) is 0 Å². The Kier molecular flexibility index (Phi) is 8.70. The van der Waals surface area contributed by atoms with Crippen molar-refractivity contribution in [1.29, 1.82) is 0 Å². The fraction of sp³-hybridized carbons (Fsp3) is 0.429. The number of carboxylic acids is 1. The van der Waals surface area contributed by atoms with Gasteiger partial charge in [-0.1, -0.05) is 12.8 Å². The van der Waals surface area contributed by atoms with E-state index in [4.69, 9.17) is 4.74 Å². The van der Waals surface area contributed by atoms with Gasteiger partial charge in [0.05, 0.1) is 17.5 Å². The molecule has 39 heavy (non-hydrogen) atoms. The number of rotatable bonds is 7. The van der Waals surface area contributed by atoms with Crippen molar-refractivity contribution in [2.45, 2.75) is 50.7 Å². The zero-order valence-corrected chi connectivity index (χ0v) is 21.3. The van der Waals surface area contributed by atoms with Gasteiger partial charge >= 0.3 is 11.9 Å². The molecule has 2 aromatic rings. The van der Waals surface area contributed by atoms with Crippen LogP contribution in [0.2, 0.25) is 0 Å². The lowest BCUT2D eigenvalue weighted by Gasteiger charge is -2.28. The van der Waals surface area contributed by atoms with E-state index in [9.17, 15) is 39.6 Å². The Morgan fingerprint density at radius 1 is 0.846 bits per heavy atom. The Bertz CT molecular complexity index is 1220. The van der Waals surface area contributed by atoms with Crippen molar-refractivity contribution in [3.8, 4) is 17.2 Å². The lowest BCUT2D eigenvalue weighted by molar-refractivity contribution is -0.144. The Hall–Kier alpha value is -4.12. The number of carboxylic acid groups (broad SMARTS) is 1. The molecule has 1 amide bonds. The first kappa shape index (κ1) is 27.9. The predicted octanol–water partition coefficient (Wildman–Crippen LogP) is 2.58. The van der Waals surface area contributed by atoms with Crippen LogP contribution in [0.1, 0.15) is 69.6 Å². The van der Waals surface area contributed by atoms with E-state index in [-0.39, 0.29) is 11.3 Å². The van der Waals surface area contributed by atoms with Gasteiger partial charge in [0.25, 0.3) is 5.91 Å². The fourth-order valence-electron chi connectivity index (χ4n) is 5.28. The average Bonchev–Trinajstić information content (AvgIpc) is 3.13. The molecule has 2 fully saturated rings. The molecular formula is C28H32N2O9. The van der Waals surface area contributed by atoms with Gasteiger partial charge in [0, 0.05) is 18.0 Å². The molecule has 0 radical (unpaired) electrons. The third kappa shape index (κ3) is 6.48. The number of phenols is 3. The first-order chi connectivity index (χ1) is 18.7. The Morgan fingerprint density at radius 2 is 1.49 bits per heavy atom. The summed E-state index contributed by atoms with van der Waals surface area (Å²) in [5.41, 5.74) is -0.288. The molecule has 2 aromatic carbocycles. The van der Waals surface area contributed by atoms with Crippen molar-refractivity contribution in [3.05, 3.63) is 53.1 Å². The lowest BCUT2D eigenvalue weighted by Crippen LogP contribution is -2.49. The SMILES string of the molecule is O=C(NC1CNCCC[C@H]1OC(=O)c1cc(O)c(C(=O)C2CCCC[C@H]2C(=O)O)c(O)c1)c1ccc(O)cc1. The van der Waals surface area contributed by atoms with E-state index in [0.717, 1.165) is 12.1 Å². The summed E-state index contributed by atoms with van der Waals surface area (Å²) in [7, 11) is 0. The van der Waals surface area contributed by atoms with Crippen LogP contribution in [0.15, 0.2) is 36.4 Å². The molecule has 0 aromatic heterocycles. The number of carbonyl (C=O) groups is 4. The van der Waals surface area contributed by atoms with Gasteiger partial charge in [0.15, 0.2) is 5.78 Å². The molecule has 11 heteroatoms. The smallest absolute Gasteiger partial charge is 0.338 e. The summed E-state index contributed by atoms with van der Waals surface area (Å²) in [6.07, 6.45) is 2.37. The fourth-order valence-corrected chi connectivity index (χ4v) is 5.28. The van der Waals surface area contributed by atoms with Crippen molar-refractivity contribution >= 4 is 23.6 Å². The van der Waals surface area contributed by atoms with Crippen molar-refractivity contribution in [2.75, 3.05) is 13.1 Å². The number of aromatic hydroxyl groups is 3. The summed E-state index contributed by atoms with van der Waals surface area (Å²) in [6, 6.07) is 7.18. The van der Waals surface area contributed by atoms with Crippen LogP contribution in [0.25, 0.3) is 0 Å². The van der Waals surface area contributed by atoms with Crippen molar-refractivity contribution in [3.63, 3.8) is 0 Å². The lowest BCUT2D eigenvalue weighted by atomic mass is 9.75. The van der Waals surface area contributed by atoms with Crippen LogP contribution in [0.3, 0.4) is 0 Å². The Labute approximate surface area is 224 Å². The first-order valence-corrected chi connectivity index (χ1v) is 13.0. The van der Waals surface area contributed by atoms with Gasteiger partial charge < -0.3 is 35.8 Å². The zero-order valence-electron chi connectivity index (χ0n) is 21.3. The van der Waals surface area contributed by atoms with Crippen molar-refractivity contribution < 1.29 is 44.3 Å². The molecule has 0 spiro atoms. The van der Waals surface area contributed by atoms with Crippen molar-refractivity contribution in [1.82, 2.24) is 10.6 Å². The van der Waals surface area contributed by atoms with Gasteiger partial charge in [0.1, 0.15) is 28.9 Å². The summed E-state index contributed by atoms with van der Waals surface area (Å²) >= 11 is 0. The standard InChI is InChI=1S/C28H32N2O9/c31-17-9-7-15(8-10-17)26(35)30-20-14-29-11-3-6-23(20)39-28(38)16-12-21(32)24(22(33)13-16)25(34)18-4-1-2-5-19(18)27(36)37/h7-10,12-13,18-20,23,29,31-33H,1-6,11,14H2,(H,30,35)(H,36,37)/t18?,19-,20?,23-/m1/s1. The number of hydrogen-bond donors (Lipinski definition) is 6. The molecule has 6 N–H and O–H groups in total. The van der Waals surface area contributed by atoms with Crippen LogP contribution in [0.4, 0.5) is 0 Å².